The van der Waals surface area contributed by atoms with Crippen molar-refractivity contribution < 1.29 is 63.8 Å². The van der Waals surface area contributed by atoms with E-state index in [9.17, 15) is 14.9 Å². The van der Waals surface area contributed by atoms with E-state index in [0.29, 0.717) is 11.1 Å². The molecule has 16 heteroatoms. The topological polar surface area (TPSA) is 97.1 Å². The quantitative estimate of drug-likeness (QED) is 0.0378. The van der Waals surface area contributed by atoms with Crippen molar-refractivity contribution in [2.75, 3.05) is 0 Å². The Balaban J connectivity index is 1.28. The lowest BCUT2D eigenvalue weighted by molar-refractivity contribution is -0.386. The molecule has 0 atom stereocenters. The van der Waals surface area contributed by atoms with Gasteiger partial charge in [-0.15, -0.1) is 0 Å². The number of rotatable bonds is 13. The summed E-state index contributed by atoms with van der Waals surface area (Å²) in [4.78, 5) is 23.7. The number of benzene rings is 6. The maximum atomic E-state index is 15.3. The monoisotopic (exact) mass is 781 g/mol. The largest absolute Gasteiger partial charge is 0.488 e. The summed E-state index contributed by atoms with van der Waals surface area (Å²) in [5.74, 6) is -27.0. The van der Waals surface area contributed by atoms with E-state index in [1.165, 1.54) is 12.1 Å². The zero-order valence-electron chi connectivity index (χ0n) is 28.5. The molecule has 8 nitrogen and oxygen atoms in total. The molecule has 0 aromatic heterocycles. The number of nitro groups is 1. The Morgan fingerprint density at radius 2 is 0.946 bits per heavy atom. The number of nitro benzene ring substituents is 1. The van der Waals surface area contributed by atoms with Gasteiger partial charge < -0.3 is 18.9 Å². The van der Waals surface area contributed by atoms with Gasteiger partial charge in [-0.05, 0) is 35.7 Å². The summed E-state index contributed by atoms with van der Waals surface area (Å²) in [7, 11) is 0. The molecule has 0 bridgehead atoms. The predicted octanol–water partition coefficient (Wildman–Crippen LogP) is 11.0. The van der Waals surface area contributed by atoms with Crippen LogP contribution in [-0.2, 0) is 13.2 Å². The molecule has 0 unspecified atom stereocenters. The number of nitrogens with zero attached hydrogens (tertiary/aromatic N) is 1. The van der Waals surface area contributed by atoms with Crippen LogP contribution in [0.3, 0.4) is 0 Å². The van der Waals surface area contributed by atoms with Gasteiger partial charge in [-0.3, -0.25) is 14.9 Å². The summed E-state index contributed by atoms with van der Waals surface area (Å²) in [5, 5.41) is 11.5. The molecule has 0 spiro atoms. The van der Waals surface area contributed by atoms with Crippen LogP contribution in [0.15, 0.2) is 97.1 Å². The van der Waals surface area contributed by atoms with Crippen molar-refractivity contribution in [3.05, 3.63) is 182 Å². The van der Waals surface area contributed by atoms with E-state index < -0.39 is 97.1 Å². The van der Waals surface area contributed by atoms with Crippen LogP contribution in [0.5, 0.6) is 34.5 Å². The minimum Gasteiger partial charge on any atom is -0.488 e. The summed E-state index contributed by atoms with van der Waals surface area (Å²) in [5.41, 5.74) is -3.27. The zero-order valence-corrected chi connectivity index (χ0v) is 28.5. The number of ketones is 1. The van der Waals surface area contributed by atoms with E-state index in [4.69, 9.17) is 18.9 Å². The minimum absolute atomic E-state index is 0.0669. The van der Waals surface area contributed by atoms with Crippen molar-refractivity contribution in [3.63, 3.8) is 0 Å². The third-order valence-corrected chi connectivity index (χ3v) is 8.10. The van der Waals surface area contributed by atoms with Crippen molar-refractivity contribution >= 4 is 11.5 Å². The third-order valence-electron chi connectivity index (χ3n) is 8.10. The Morgan fingerprint density at radius 3 is 1.38 bits per heavy atom. The summed E-state index contributed by atoms with van der Waals surface area (Å²) in [6, 6.07) is 23.2. The average Bonchev–Trinajstić information content (AvgIpc) is 3.19. The molecule has 0 aliphatic rings. The normalized spacial score (nSPS) is 10.9. The fourth-order valence-corrected chi connectivity index (χ4v) is 5.26. The minimum atomic E-state index is -2.56. The van der Waals surface area contributed by atoms with E-state index in [-0.39, 0.29) is 24.7 Å². The fraction of sp³-hybridized carbons (Fsp3) is 0.0750. The lowest BCUT2D eigenvalue weighted by atomic mass is 9.99. The number of halogens is 8. The van der Waals surface area contributed by atoms with Gasteiger partial charge in [-0.1, -0.05) is 66.7 Å². The lowest BCUT2D eigenvalue weighted by Gasteiger charge is -2.16. The molecular formula is C40H23F8NO7. The van der Waals surface area contributed by atoms with Gasteiger partial charge in [-0.2, -0.15) is 17.6 Å². The maximum absolute atomic E-state index is 15.3. The van der Waals surface area contributed by atoms with Crippen LogP contribution in [0, 0.1) is 63.6 Å². The molecule has 6 rings (SSSR count). The van der Waals surface area contributed by atoms with Gasteiger partial charge in [0, 0.05) is 18.2 Å². The number of hydrogen-bond acceptors (Lipinski definition) is 7. The van der Waals surface area contributed by atoms with Crippen molar-refractivity contribution in [1.82, 2.24) is 0 Å². The highest BCUT2D eigenvalue weighted by Crippen LogP contribution is 2.40. The third kappa shape index (κ3) is 7.80. The Labute approximate surface area is 311 Å². The molecule has 0 aliphatic heterocycles. The van der Waals surface area contributed by atoms with Gasteiger partial charge >= 0.3 is 5.69 Å². The molecule has 286 valence electrons. The summed E-state index contributed by atoms with van der Waals surface area (Å²) >= 11 is 0. The number of ether oxygens (including phenoxy) is 4. The molecule has 0 aliphatic carbocycles. The maximum Gasteiger partial charge on any atom is 0.311 e. The molecule has 0 radical (unpaired) electrons. The highest BCUT2D eigenvalue weighted by Gasteiger charge is 2.37. The molecule has 0 N–H and O–H groups in total. The second-order valence-electron chi connectivity index (χ2n) is 11.8. The van der Waals surface area contributed by atoms with E-state index in [0.717, 1.165) is 29.8 Å². The predicted molar refractivity (Wildman–Crippen MR) is 182 cm³/mol. The highest BCUT2D eigenvalue weighted by molar-refractivity contribution is 6.10. The SMILES string of the molecule is Cc1ccc(Oc2c(F)c(F)c(C(=O)c3c(F)c(F)c(Oc4ccc([N+](=O)[O-])c(OCc5ccccc5)c4)c(F)c3F)c(F)c2F)cc1OCc1ccccc1. The number of carbonyl (C=O) groups is 1. The first-order chi connectivity index (χ1) is 26.8. The molecule has 6 aromatic carbocycles. The Hall–Kier alpha value is -6.97. The number of aryl methyl sites for hydroxylation is 1. The molecular weight excluding hydrogens is 758 g/mol. The van der Waals surface area contributed by atoms with E-state index in [1.54, 1.807) is 67.6 Å². The Kier molecular flexibility index (Phi) is 11.2. The molecule has 0 amide bonds. The van der Waals surface area contributed by atoms with Crippen molar-refractivity contribution in [2.45, 2.75) is 20.1 Å². The van der Waals surface area contributed by atoms with Crippen LogP contribution in [0.25, 0.3) is 0 Å². The van der Waals surface area contributed by atoms with Crippen LogP contribution >= 0.6 is 0 Å². The molecule has 56 heavy (non-hydrogen) atoms. The lowest BCUT2D eigenvalue weighted by Crippen LogP contribution is -2.18. The molecule has 0 fully saturated rings. The van der Waals surface area contributed by atoms with Gasteiger partial charge in [0.05, 0.1) is 4.92 Å². The molecule has 6 aromatic rings. The van der Waals surface area contributed by atoms with Gasteiger partial charge in [0.1, 0.15) is 41.6 Å². The van der Waals surface area contributed by atoms with Crippen LogP contribution in [0.2, 0.25) is 0 Å². The van der Waals surface area contributed by atoms with Crippen LogP contribution in [-0.4, -0.2) is 10.7 Å². The average molecular weight is 782 g/mol. The molecule has 0 heterocycles. The highest BCUT2D eigenvalue weighted by atomic mass is 19.2. The zero-order chi connectivity index (χ0) is 40.3. The van der Waals surface area contributed by atoms with E-state index >= 15 is 35.1 Å². The molecule has 0 saturated carbocycles. The standard InChI is InChI=1S/C40H23F8NO7/c1-20-12-13-23(16-26(20)53-18-21-8-4-2-5-9-21)55-39-34(45)30(41)28(31(42)35(39)46)38(50)29-32(43)36(47)40(37(48)33(29)44)56-24-14-15-25(49(51)52)27(17-24)54-19-22-10-6-3-7-11-22/h2-17H,18-19H2,1H3. The van der Waals surface area contributed by atoms with Crippen molar-refractivity contribution in [2.24, 2.45) is 0 Å². The first kappa shape index (κ1) is 38.7. The van der Waals surface area contributed by atoms with Crippen molar-refractivity contribution in [1.29, 1.82) is 0 Å². The van der Waals surface area contributed by atoms with Crippen LogP contribution in [0.1, 0.15) is 32.6 Å². The summed E-state index contributed by atoms with van der Waals surface area (Å²) < 4.78 is 143. The van der Waals surface area contributed by atoms with Gasteiger partial charge in [0.15, 0.2) is 23.3 Å². The molecule has 0 saturated heterocycles. The Morgan fingerprint density at radius 1 is 0.554 bits per heavy atom. The van der Waals surface area contributed by atoms with Crippen molar-refractivity contribution in [3.8, 4) is 34.5 Å². The van der Waals surface area contributed by atoms with Crippen LogP contribution < -0.4 is 18.9 Å². The summed E-state index contributed by atoms with van der Waals surface area (Å²) in [6.45, 7) is 1.48. The van der Waals surface area contributed by atoms with E-state index in [2.05, 4.69) is 0 Å². The number of carbonyl (C=O) groups excluding carboxylic acids is 1. The first-order valence-corrected chi connectivity index (χ1v) is 16.1. The number of hydrogen-bond donors (Lipinski definition) is 0. The Bertz CT molecular complexity index is 2430. The van der Waals surface area contributed by atoms with E-state index in [1.807, 2.05) is 0 Å². The van der Waals surface area contributed by atoms with Crippen LogP contribution in [0.4, 0.5) is 40.8 Å². The summed E-state index contributed by atoms with van der Waals surface area (Å²) in [6.07, 6.45) is 0. The first-order valence-electron chi connectivity index (χ1n) is 16.1. The van der Waals surface area contributed by atoms with Gasteiger partial charge in [-0.25, -0.2) is 17.6 Å². The second kappa shape index (κ2) is 16.2. The van der Waals surface area contributed by atoms with Gasteiger partial charge in [0.25, 0.3) is 0 Å². The smallest absolute Gasteiger partial charge is 0.311 e. The fourth-order valence-electron chi connectivity index (χ4n) is 5.26. The van der Waals surface area contributed by atoms with Gasteiger partial charge in [0.2, 0.25) is 46.3 Å². The second-order valence-corrected chi connectivity index (χ2v) is 11.8.